The molecule has 5 heteroatoms. The first-order chi connectivity index (χ1) is 15.8. The van der Waals surface area contributed by atoms with E-state index in [0.29, 0.717) is 18.4 Å². The zero-order valence-corrected chi connectivity index (χ0v) is 18.5. The minimum atomic E-state index is 0.433. The van der Waals surface area contributed by atoms with Crippen molar-refractivity contribution in [1.82, 2.24) is 20.3 Å². The van der Waals surface area contributed by atoms with Crippen LogP contribution in [-0.4, -0.2) is 34.7 Å². The lowest BCUT2D eigenvalue weighted by Gasteiger charge is -2.27. The highest BCUT2D eigenvalue weighted by Crippen LogP contribution is 2.38. The van der Waals surface area contributed by atoms with Gasteiger partial charge in [0.05, 0.1) is 11.4 Å². The molecule has 5 nitrogen and oxygen atoms in total. The number of nitrogens with zero attached hydrogens (tertiary/aromatic N) is 3. The van der Waals surface area contributed by atoms with Crippen LogP contribution in [0.25, 0.3) is 22.4 Å². The van der Waals surface area contributed by atoms with Gasteiger partial charge in [-0.2, -0.15) is 0 Å². The molecule has 3 aromatic rings. The second kappa shape index (κ2) is 9.72. The van der Waals surface area contributed by atoms with Crippen molar-refractivity contribution in [2.24, 2.45) is 0 Å². The summed E-state index contributed by atoms with van der Waals surface area (Å²) < 4.78 is 5.62. The predicted octanol–water partition coefficient (Wildman–Crippen LogP) is 5.25. The molecule has 0 amide bonds. The Balaban J connectivity index is 1.57. The molecule has 0 bridgehead atoms. The molecule has 0 radical (unpaired) electrons. The number of hydrogen-bond donors (Lipinski definition) is 1. The molecule has 4 heterocycles. The van der Waals surface area contributed by atoms with Gasteiger partial charge in [-0.15, -0.1) is 6.58 Å². The Hall–Kier alpha value is -2.89. The van der Waals surface area contributed by atoms with Crippen LogP contribution in [0.5, 0.6) is 0 Å². The molecule has 32 heavy (non-hydrogen) atoms. The molecule has 2 aliphatic heterocycles. The summed E-state index contributed by atoms with van der Waals surface area (Å²) in [5.41, 5.74) is 8.18. The summed E-state index contributed by atoms with van der Waals surface area (Å²) in [6.07, 6.45) is 12.6. The largest absolute Gasteiger partial charge is 0.381 e. The Bertz CT molecular complexity index is 1070. The first-order valence-corrected chi connectivity index (χ1v) is 11.6. The molecule has 0 unspecified atom stereocenters. The van der Waals surface area contributed by atoms with Gasteiger partial charge in [-0.3, -0.25) is 4.98 Å². The number of rotatable bonds is 6. The van der Waals surface area contributed by atoms with Crippen molar-refractivity contribution < 1.29 is 4.74 Å². The van der Waals surface area contributed by atoms with Gasteiger partial charge in [0.25, 0.3) is 0 Å². The third kappa shape index (κ3) is 4.36. The zero-order chi connectivity index (χ0) is 21.8. The second-order valence-electron chi connectivity index (χ2n) is 8.68. The highest BCUT2D eigenvalue weighted by atomic mass is 16.5. The molecule has 0 saturated carbocycles. The number of ether oxygens (including phenoxy) is 1. The van der Waals surface area contributed by atoms with Crippen molar-refractivity contribution in [3.8, 4) is 22.4 Å². The summed E-state index contributed by atoms with van der Waals surface area (Å²) in [7, 11) is 0. The van der Waals surface area contributed by atoms with Crippen LogP contribution in [0.4, 0.5) is 0 Å². The summed E-state index contributed by atoms with van der Waals surface area (Å²) >= 11 is 0. The van der Waals surface area contributed by atoms with Gasteiger partial charge >= 0.3 is 0 Å². The molecule has 2 saturated heterocycles. The van der Waals surface area contributed by atoms with E-state index < -0.39 is 0 Å². The Morgan fingerprint density at radius 2 is 1.94 bits per heavy atom. The fraction of sp³-hybridized carbons (Fsp3) is 0.370. The number of allylic oxidation sites excluding steroid dienone is 1. The van der Waals surface area contributed by atoms with Crippen LogP contribution in [0.15, 0.2) is 61.7 Å². The van der Waals surface area contributed by atoms with E-state index in [0.717, 1.165) is 55.1 Å². The number of hydrogen-bond acceptors (Lipinski definition) is 5. The lowest BCUT2D eigenvalue weighted by atomic mass is 9.84. The Kier molecular flexibility index (Phi) is 6.37. The molecular weight excluding hydrogens is 396 g/mol. The first kappa shape index (κ1) is 21.0. The normalized spacial score (nSPS) is 19.2. The fourth-order valence-electron chi connectivity index (χ4n) is 5.01. The number of nitrogens with one attached hydrogen (secondary N) is 1. The van der Waals surface area contributed by atoms with Gasteiger partial charge in [0.2, 0.25) is 0 Å². The molecule has 0 spiro atoms. The van der Waals surface area contributed by atoms with Gasteiger partial charge in [-0.05, 0) is 73.0 Å². The maximum Gasteiger partial charge on any atom is 0.116 e. The maximum atomic E-state index is 5.62. The minimum Gasteiger partial charge on any atom is -0.381 e. The van der Waals surface area contributed by atoms with Crippen molar-refractivity contribution >= 4 is 0 Å². The highest BCUT2D eigenvalue weighted by Gasteiger charge is 2.25. The van der Waals surface area contributed by atoms with E-state index in [-0.39, 0.29) is 0 Å². The molecule has 2 aliphatic rings. The fourth-order valence-corrected chi connectivity index (χ4v) is 5.01. The number of benzene rings is 1. The van der Waals surface area contributed by atoms with E-state index >= 15 is 0 Å². The molecular formula is C27H30N4O. The number of aromatic nitrogens is 3. The lowest BCUT2D eigenvalue weighted by molar-refractivity contribution is 0.0851. The van der Waals surface area contributed by atoms with Crippen LogP contribution in [0, 0.1) is 0 Å². The smallest absolute Gasteiger partial charge is 0.116 e. The number of pyridine rings is 1. The average Bonchev–Trinajstić information content (AvgIpc) is 3.40. The molecule has 1 N–H and O–H groups in total. The lowest BCUT2D eigenvalue weighted by Crippen LogP contribution is -2.19. The Morgan fingerprint density at radius 1 is 1.03 bits per heavy atom. The summed E-state index contributed by atoms with van der Waals surface area (Å²) in [5.74, 6) is 0.583. The SMILES string of the molecule is C=CCc1ncc(-c2ccc(C3CCOCC3)c([C@@H]3CCCN3)c2)cc1-c1ccncn1. The van der Waals surface area contributed by atoms with Crippen LogP contribution in [0.2, 0.25) is 0 Å². The Labute approximate surface area is 190 Å². The Morgan fingerprint density at radius 3 is 2.69 bits per heavy atom. The van der Waals surface area contributed by atoms with Crippen LogP contribution in [-0.2, 0) is 11.2 Å². The van der Waals surface area contributed by atoms with Crippen molar-refractivity contribution in [3.63, 3.8) is 0 Å². The molecule has 5 rings (SSSR count). The van der Waals surface area contributed by atoms with Crippen molar-refractivity contribution in [2.75, 3.05) is 19.8 Å². The van der Waals surface area contributed by atoms with E-state index in [9.17, 15) is 0 Å². The molecule has 2 fully saturated rings. The average molecular weight is 427 g/mol. The van der Waals surface area contributed by atoms with E-state index in [1.54, 1.807) is 12.5 Å². The van der Waals surface area contributed by atoms with E-state index in [2.05, 4.69) is 46.1 Å². The predicted molar refractivity (Wildman–Crippen MR) is 127 cm³/mol. The molecule has 164 valence electrons. The molecule has 0 aliphatic carbocycles. The van der Waals surface area contributed by atoms with Crippen molar-refractivity contribution in [1.29, 1.82) is 0 Å². The van der Waals surface area contributed by atoms with Crippen LogP contribution in [0.1, 0.15) is 54.5 Å². The van der Waals surface area contributed by atoms with E-state index in [1.165, 1.54) is 29.5 Å². The maximum absolute atomic E-state index is 5.62. The van der Waals surface area contributed by atoms with Crippen LogP contribution >= 0.6 is 0 Å². The topological polar surface area (TPSA) is 59.9 Å². The van der Waals surface area contributed by atoms with Gasteiger partial charge in [0.1, 0.15) is 6.33 Å². The van der Waals surface area contributed by atoms with Crippen molar-refractivity contribution in [2.45, 2.75) is 44.1 Å². The summed E-state index contributed by atoms with van der Waals surface area (Å²) in [6, 6.07) is 11.6. The third-order valence-electron chi connectivity index (χ3n) is 6.68. The second-order valence-corrected chi connectivity index (χ2v) is 8.68. The summed E-state index contributed by atoms with van der Waals surface area (Å²) in [5, 5.41) is 3.72. The summed E-state index contributed by atoms with van der Waals surface area (Å²) in [6.45, 7) is 6.71. The van der Waals surface area contributed by atoms with Crippen molar-refractivity contribution in [3.05, 3.63) is 78.5 Å². The zero-order valence-electron chi connectivity index (χ0n) is 18.5. The van der Waals surface area contributed by atoms with Gasteiger partial charge in [0.15, 0.2) is 0 Å². The van der Waals surface area contributed by atoms with Crippen LogP contribution in [0.3, 0.4) is 0 Å². The third-order valence-corrected chi connectivity index (χ3v) is 6.68. The van der Waals surface area contributed by atoms with E-state index in [4.69, 9.17) is 9.72 Å². The standard InChI is InChI=1S/C27H30N4O/c1-2-4-25-24(27-8-12-28-18-31-27)16-21(17-30-25)20-6-7-22(19-9-13-32-14-10-19)23(15-20)26-5-3-11-29-26/h2,6-8,12,15-19,26,29H,1,3-5,9-11,13-14H2/t26-/m0/s1. The molecule has 1 aromatic carbocycles. The monoisotopic (exact) mass is 426 g/mol. The van der Waals surface area contributed by atoms with Gasteiger partial charge in [0, 0.05) is 49.2 Å². The molecule has 1 atom stereocenters. The summed E-state index contributed by atoms with van der Waals surface area (Å²) in [4.78, 5) is 13.3. The quantitative estimate of drug-likeness (QED) is 0.545. The van der Waals surface area contributed by atoms with Gasteiger partial charge in [-0.1, -0.05) is 18.2 Å². The first-order valence-electron chi connectivity index (χ1n) is 11.6. The van der Waals surface area contributed by atoms with Gasteiger partial charge < -0.3 is 10.1 Å². The van der Waals surface area contributed by atoms with Gasteiger partial charge in [-0.25, -0.2) is 9.97 Å². The highest BCUT2D eigenvalue weighted by molar-refractivity contribution is 5.73. The minimum absolute atomic E-state index is 0.433. The van der Waals surface area contributed by atoms with E-state index in [1.807, 2.05) is 18.3 Å². The molecule has 2 aromatic heterocycles. The van der Waals surface area contributed by atoms with Crippen LogP contribution < -0.4 is 5.32 Å².